The average Bonchev–Trinajstić information content (AvgIpc) is 2.87. The van der Waals surface area contributed by atoms with Gasteiger partial charge in [-0.05, 0) is 41.3 Å². The van der Waals surface area contributed by atoms with Crippen LogP contribution in [0.4, 0.5) is 5.69 Å². The van der Waals surface area contributed by atoms with Gasteiger partial charge >= 0.3 is 0 Å². The summed E-state index contributed by atoms with van der Waals surface area (Å²) in [6.45, 7) is 2.77. The number of benzene rings is 3. The van der Waals surface area contributed by atoms with Crippen molar-refractivity contribution < 1.29 is 9.90 Å². The number of carbonyl (C=O) groups is 1. The summed E-state index contributed by atoms with van der Waals surface area (Å²) in [5.41, 5.74) is 3.35. The molecule has 0 saturated heterocycles. The molecule has 1 aliphatic heterocycles. The average molecular weight is 391 g/mol. The first-order valence-electron chi connectivity index (χ1n) is 9.30. The van der Waals surface area contributed by atoms with E-state index in [2.05, 4.69) is 29.7 Å². The Hall–Kier alpha value is -2.60. The van der Waals surface area contributed by atoms with Crippen LogP contribution in [-0.4, -0.2) is 17.6 Å². The number of anilines is 1. The second kappa shape index (κ2) is 8.19. The van der Waals surface area contributed by atoms with E-state index >= 15 is 0 Å². The summed E-state index contributed by atoms with van der Waals surface area (Å²) in [5, 5.41) is 16.7. The van der Waals surface area contributed by atoms with E-state index in [0.717, 1.165) is 21.0 Å². The predicted molar refractivity (Wildman–Crippen MR) is 113 cm³/mol. The molecule has 4 rings (SSSR count). The van der Waals surface area contributed by atoms with Gasteiger partial charge in [-0.3, -0.25) is 10.1 Å². The van der Waals surface area contributed by atoms with Crippen molar-refractivity contribution in [2.45, 2.75) is 28.9 Å². The van der Waals surface area contributed by atoms with Gasteiger partial charge in [0.15, 0.2) is 0 Å². The molecule has 3 aromatic carbocycles. The van der Waals surface area contributed by atoms with Gasteiger partial charge in [-0.25, -0.2) is 0 Å². The van der Waals surface area contributed by atoms with E-state index in [1.54, 1.807) is 11.8 Å². The van der Waals surface area contributed by atoms with E-state index in [1.807, 2.05) is 60.7 Å². The molecule has 0 bridgehead atoms. The predicted octanol–water partition coefficient (Wildman–Crippen LogP) is 4.79. The number of aliphatic hydroxyl groups excluding tert-OH is 1. The van der Waals surface area contributed by atoms with Gasteiger partial charge in [-0.1, -0.05) is 67.2 Å². The highest BCUT2D eigenvalue weighted by molar-refractivity contribution is 7.99. The maximum atomic E-state index is 12.5. The van der Waals surface area contributed by atoms with E-state index in [9.17, 15) is 9.90 Å². The minimum absolute atomic E-state index is 0.126. The number of hydrogen-bond donors (Lipinski definition) is 3. The summed E-state index contributed by atoms with van der Waals surface area (Å²) >= 11 is 1.56. The molecule has 3 N–H and O–H groups in total. The third kappa shape index (κ3) is 3.97. The van der Waals surface area contributed by atoms with Crippen LogP contribution >= 0.6 is 11.8 Å². The molecule has 1 amide bonds. The third-order valence-corrected chi connectivity index (χ3v) is 6.06. The van der Waals surface area contributed by atoms with Crippen LogP contribution in [0.5, 0.6) is 0 Å². The number of rotatable bonds is 5. The minimum Gasteiger partial charge on any atom is -0.374 e. The van der Waals surface area contributed by atoms with Crippen molar-refractivity contribution in [1.29, 1.82) is 0 Å². The van der Waals surface area contributed by atoms with Crippen LogP contribution in [0, 0.1) is 0 Å². The van der Waals surface area contributed by atoms with Crippen LogP contribution in [0.2, 0.25) is 0 Å². The summed E-state index contributed by atoms with van der Waals surface area (Å²) in [5.74, 6) is 0.153. The molecule has 4 nitrogen and oxygen atoms in total. The number of amides is 1. The van der Waals surface area contributed by atoms with Crippen LogP contribution < -0.4 is 10.6 Å². The summed E-state index contributed by atoms with van der Waals surface area (Å²) < 4.78 is 0. The van der Waals surface area contributed by atoms with Crippen molar-refractivity contribution in [2.24, 2.45) is 0 Å². The molecule has 1 aliphatic rings. The van der Waals surface area contributed by atoms with Gasteiger partial charge in [0.1, 0.15) is 6.23 Å². The van der Waals surface area contributed by atoms with Crippen LogP contribution in [0.15, 0.2) is 82.6 Å². The van der Waals surface area contributed by atoms with Crippen LogP contribution in [0.3, 0.4) is 0 Å². The van der Waals surface area contributed by atoms with Crippen molar-refractivity contribution in [3.63, 3.8) is 0 Å². The number of carbonyl (C=O) groups excluding carboxylic acids is 1. The molecule has 0 fully saturated rings. The van der Waals surface area contributed by atoms with Crippen molar-refractivity contribution in [3.05, 3.63) is 89.5 Å². The first-order valence-corrected chi connectivity index (χ1v) is 10.1. The Morgan fingerprint density at radius 3 is 2.54 bits per heavy atom. The number of fused-ring (bicyclic) bond motifs is 2. The molecule has 0 radical (unpaired) electrons. The van der Waals surface area contributed by atoms with Crippen molar-refractivity contribution >= 4 is 23.4 Å². The summed E-state index contributed by atoms with van der Waals surface area (Å²) in [6.07, 6.45) is -0.802. The van der Waals surface area contributed by atoms with E-state index in [-0.39, 0.29) is 11.8 Å². The normalized spacial score (nSPS) is 15.0. The first kappa shape index (κ1) is 18.7. The largest absolute Gasteiger partial charge is 0.374 e. The third-order valence-electron chi connectivity index (χ3n) is 4.91. The Balaban J connectivity index is 1.48. The molecular weight excluding hydrogens is 368 g/mol. The standard InChI is InChI=1S/C23H22N2O2S/c1-15(16-7-3-2-4-8-16)14-24-22(26)17-11-12-21-19(13-17)25-23(27)18-9-5-6-10-20(18)28-21/h2-13,15,22,24,26H,14H2,1H3,(H,25,27)/t15-,22?/m1/s1. The Morgan fingerprint density at radius 2 is 1.71 bits per heavy atom. The second-order valence-corrected chi connectivity index (χ2v) is 8.01. The molecular formula is C23H22N2O2S. The van der Waals surface area contributed by atoms with E-state index < -0.39 is 6.23 Å². The molecule has 0 aromatic heterocycles. The molecule has 0 saturated carbocycles. The number of hydrogen-bond acceptors (Lipinski definition) is 4. The lowest BCUT2D eigenvalue weighted by Crippen LogP contribution is -2.25. The maximum absolute atomic E-state index is 12.5. The van der Waals surface area contributed by atoms with Gasteiger partial charge in [0, 0.05) is 16.3 Å². The SMILES string of the molecule is C[C@H](CNC(O)c1ccc2c(c1)NC(=O)c1ccccc1S2)c1ccccc1. The number of nitrogens with one attached hydrogen (secondary N) is 2. The number of aliphatic hydroxyl groups is 1. The highest BCUT2D eigenvalue weighted by Crippen LogP contribution is 2.39. The summed E-state index contributed by atoms with van der Waals surface area (Å²) in [6, 6.07) is 23.5. The molecule has 2 atom stereocenters. The Bertz CT molecular complexity index is 991. The Kier molecular flexibility index (Phi) is 5.48. The van der Waals surface area contributed by atoms with Crippen LogP contribution in [0.1, 0.15) is 40.6 Å². The maximum Gasteiger partial charge on any atom is 0.256 e. The van der Waals surface area contributed by atoms with E-state index in [1.165, 1.54) is 5.56 Å². The fraction of sp³-hybridized carbons (Fsp3) is 0.174. The van der Waals surface area contributed by atoms with Crippen molar-refractivity contribution in [2.75, 3.05) is 11.9 Å². The minimum atomic E-state index is -0.802. The lowest BCUT2D eigenvalue weighted by atomic mass is 10.0. The van der Waals surface area contributed by atoms with Gasteiger partial charge in [0.05, 0.1) is 11.3 Å². The van der Waals surface area contributed by atoms with Gasteiger partial charge < -0.3 is 10.4 Å². The highest BCUT2D eigenvalue weighted by Gasteiger charge is 2.21. The van der Waals surface area contributed by atoms with Gasteiger partial charge in [-0.2, -0.15) is 0 Å². The van der Waals surface area contributed by atoms with Gasteiger partial charge in [-0.15, -0.1) is 0 Å². The molecule has 0 aliphatic carbocycles. The summed E-state index contributed by atoms with van der Waals surface area (Å²) in [7, 11) is 0. The lowest BCUT2D eigenvalue weighted by molar-refractivity contribution is 0.102. The molecule has 5 heteroatoms. The highest BCUT2D eigenvalue weighted by atomic mass is 32.2. The van der Waals surface area contributed by atoms with Gasteiger partial charge in [0.25, 0.3) is 5.91 Å². The Labute approximate surface area is 169 Å². The quantitative estimate of drug-likeness (QED) is 0.548. The fourth-order valence-electron chi connectivity index (χ4n) is 3.26. The second-order valence-electron chi connectivity index (χ2n) is 6.93. The zero-order valence-electron chi connectivity index (χ0n) is 15.6. The van der Waals surface area contributed by atoms with Crippen molar-refractivity contribution in [3.8, 4) is 0 Å². The summed E-state index contributed by atoms with van der Waals surface area (Å²) in [4.78, 5) is 14.4. The molecule has 28 heavy (non-hydrogen) atoms. The zero-order valence-corrected chi connectivity index (χ0v) is 16.4. The topological polar surface area (TPSA) is 61.4 Å². The van der Waals surface area contributed by atoms with Crippen LogP contribution in [-0.2, 0) is 0 Å². The lowest BCUT2D eigenvalue weighted by Gasteiger charge is -2.19. The smallest absolute Gasteiger partial charge is 0.256 e. The van der Waals surface area contributed by atoms with Gasteiger partial charge in [0.2, 0.25) is 0 Å². The Morgan fingerprint density at radius 1 is 0.964 bits per heavy atom. The van der Waals surface area contributed by atoms with E-state index in [4.69, 9.17) is 0 Å². The molecule has 1 heterocycles. The van der Waals surface area contributed by atoms with Crippen LogP contribution in [0.25, 0.3) is 0 Å². The monoisotopic (exact) mass is 390 g/mol. The molecule has 0 spiro atoms. The molecule has 1 unspecified atom stereocenters. The first-order chi connectivity index (χ1) is 13.6. The molecule has 142 valence electrons. The fourth-order valence-corrected chi connectivity index (χ4v) is 4.27. The zero-order chi connectivity index (χ0) is 19.5. The molecule has 3 aromatic rings. The van der Waals surface area contributed by atoms with E-state index in [0.29, 0.717) is 12.1 Å². The van der Waals surface area contributed by atoms with Crippen molar-refractivity contribution in [1.82, 2.24) is 5.32 Å².